The van der Waals surface area contributed by atoms with Crippen LogP contribution in [0.25, 0.3) is 0 Å². The second-order valence-corrected chi connectivity index (χ2v) is 8.04. The van der Waals surface area contributed by atoms with Crippen LogP contribution in [-0.2, 0) is 10.0 Å². The molecule has 0 saturated carbocycles. The van der Waals surface area contributed by atoms with E-state index >= 15 is 0 Å². The largest absolute Gasteiger partial charge is 0.455 e. The molecule has 142 valence electrons. The van der Waals surface area contributed by atoms with E-state index in [0.717, 1.165) is 35.6 Å². The van der Waals surface area contributed by atoms with E-state index < -0.39 is 32.4 Å². The summed E-state index contributed by atoms with van der Waals surface area (Å²) in [4.78, 5) is -0.739. The Kier molecular flexibility index (Phi) is 5.27. The first-order valence-corrected chi connectivity index (χ1v) is 9.83. The summed E-state index contributed by atoms with van der Waals surface area (Å²) in [5.41, 5.74) is 1.14. The molecular weight excluding hydrogens is 427 g/mol. The van der Waals surface area contributed by atoms with Crippen LogP contribution in [0.2, 0.25) is 5.02 Å². The van der Waals surface area contributed by atoms with Crippen LogP contribution in [0.4, 0.5) is 18.3 Å². The number of ether oxygens (including phenoxy) is 1. The van der Waals surface area contributed by atoms with E-state index in [1.807, 2.05) is 0 Å². The van der Waals surface area contributed by atoms with Crippen molar-refractivity contribution in [2.45, 2.75) is 11.8 Å². The SMILES string of the molecule is Cc1c(Oc2cc(F)c(S(=O)(=O)Nc3nncs3)cc2Cl)ccc(F)c1F. The predicted octanol–water partition coefficient (Wildman–Crippen LogP) is 4.51. The van der Waals surface area contributed by atoms with Gasteiger partial charge in [-0.05, 0) is 25.1 Å². The Balaban J connectivity index is 1.95. The minimum Gasteiger partial charge on any atom is -0.455 e. The van der Waals surface area contributed by atoms with E-state index in [9.17, 15) is 21.6 Å². The maximum atomic E-state index is 14.4. The quantitative estimate of drug-likeness (QED) is 0.637. The first-order chi connectivity index (χ1) is 12.7. The molecule has 0 aliphatic rings. The van der Waals surface area contributed by atoms with Gasteiger partial charge in [-0.25, -0.2) is 21.6 Å². The highest BCUT2D eigenvalue weighted by atomic mass is 35.5. The number of sulfonamides is 1. The maximum Gasteiger partial charge on any atom is 0.266 e. The second-order valence-electron chi connectivity index (χ2n) is 5.15. The van der Waals surface area contributed by atoms with Crippen molar-refractivity contribution in [3.8, 4) is 11.5 Å². The van der Waals surface area contributed by atoms with Crippen molar-refractivity contribution in [1.82, 2.24) is 10.2 Å². The molecule has 0 aliphatic carbocycles. The van der Waals surface area contributed by atoms with Crippen molar-refractivity contribution < 1.29 is 26.3 Å². The van der Waals surface area contributed by atoms with Crippen LogP contribution in [0.5, 0.6) is 11.5 Å². The van der Waals surface area contributed by atoms with Gasteiger partial charge in [-0.2, -0.15) is 0 Å². The molecule has 3 rings (SSSR count). The molecule has 1 N–H and O–H groups in total. The maximum absolute atomic E-state index is 14.4. The lowest BCUT2D eigenvalue weighted by atomic mass is 10.2. The smallest absolute Gasteiger partial charge is 0.266 e. The van der Waals surface area contributed by atoms with Gasteiger partial charge in [-0.1, -0.05) is 22.9 Å². The molecule has 27 heavy (non-hydrogen) atoms. The minimum atomic E-state index is -4.31. The number of halogens is 4. The Bertz CT molecular complexity index is 1110. The number of hydrogen-bond donors (Lipinski definition) is 1. The molecule has 0 atom stereocenters. The fourth-order valence-corrected chi connectivity index (χ4v) is 4.09. The van der Waals surface area contributed by atoms with Crippen molar-refractivity contribution in [3.63, 3.8) is 0 Å². The molecule has 0 radical (unpaired) electrons. The number of hydrogen-bond acceptors (Lipinski definition) is 6. The second kappa shape index (κ2) is 7.33. The van der Waals surface area contributed by atoms with Crippen molar-refractivity contribution in [1.29, 1.82) is 0 Å². The van der Waals surface area contributed by atoms with Gasteiger partial charge in [0.2, 0.25) is 5.13 Å². The number of nitrogens with zero attached hydrogens (tertiary/aromatic N) is 2. The topological polar surface area (TPSA) is 81.2 Å². The number of rotatable bonds is 5. The molecule has 3 aromatic rings. The van der Waals surface area contributed by atoms with Crippen LogP contribution in [-0.4, -0.2) is 18.6 Å². The van der Waals surface area contributed by atoms with Crippen LogP contribution in [0, 0.1) is 24.4 Å². The van der Waals surface area contributed by atoms with Gasteiger partial charge in [0.05, 0.1) is 5.02 Å². The molecule has 1 aromatic heterocycles. The molecule has 0 fully saturated rings. The summed E-state index contributed by atoms with van der Waals surface area (Å²) in [6, 6.07) is 3.55. The Labute approximate surface area is 160 Å². The molecule has 0 spiro atoms. The zero-order chi connectivity index (χ0) is 19.8. The Morgan fingerprint density at radius 3 is 2.56 bits per heavy atom. The first kappa shape index (κ1) is 19.4. The Morgan fingerprint density at radius 2 is 1.89 bits per heavy atom. The zero-order valence-corrected chi connectivity index (χ0v) is 15.7. The lowest BCUT2D eigenvalue weighted by Crippen LogP contribution is -2.14. The summed E-state index contributed by atoms with van der Waals surface area (Å²) < 4.78 is 73.1. The number of aromatic nitrogens is 2. The molecule has 0 aliphatic heterocycles. The summed E-state index contributed by atoms with van der Waals surface area (Å²) in [5, 5.41) is 6.67. The third kappa shape index (κ3) is 3.99. The van der Waals surface area contributed by atoms with Gasteiger partial charge in [-0.15, -0.1) is 10.2 Å². The average molecular weight is 436 g/mol. The lowest BCUT2D eigenvalue weighted by Gasteiger charge is -2.13. The van der Waals surface area contributed by atoms with E-state index in [4.69, 9.17) is 16.3 Å². The van der Waals surface area contributed by atoms with Crippen molar-refractivity contribution in [3.05, 3.63) is 57.8 Å². The zero-order valence-electron chi connectivity index (χ0n) is 13.3. The van der Waals surface area contributed by atoms with Crippen LogP contribution in [0.15, 0.2) is 34.7 Å². The molecule has 0 bridgehead atoms. The van der Waals surface area contributed by atoms with Crippen LogP contribution >= 0.6 is 22.9 Å². The molecule has 2 aromatic carbocycles. The lowest BCUT2D eigenvalue weighted by molar-refractivity contribution is 0.449. The number of benzene rings is 2. The first-order valence-electron chi connectivity index (χ1n) is 7.09. The standard InChI is InChI=1S/C15H9ClF3N3O3S2/c1-7-11(3-2-9(17)14(7)19)25-12-5-10(18)13(4-8(12)16)27(23,24)22-15-21-20-6-26-15/h2-6H,1H3,(H,21,22). The van der Waals surface area contributed by atoms with Gasteiger partial charge in [-0.3, -0.25) is 4.72 Å². The fraction of sp³-hybridized carbons (Fsp3) is 0.0667. The van der Waals surface area contributed by atoms with Gasteiger partial charge < -0.3 is 4.74 Å². The molecule has 0 saturated heterocycles. The highest BCUT2D eigenvalue weighted by molar-refractivity contribution is 7.93. The normalized spacial score (nSPS) is 11.4. The van der Waals surface area contributed by atoms with Crippen molar-refractivity contribution >= 4 is 38.1 Å². The highest BCUT2D eigenvalue weighted by Gasteiger charge is 2.24. The van der Waals surface area contributed by atoms with Crippen LogP contribution in [0.3, 0.4) is 0 Å². The predicted molar refractivity (Wildman–Crippen MR) is 93.3 cm³/mol. The van der Waals surface area contributed by atoms with Gasteiger partial charge in [0.25, 0.3) is 10.0 Å². The van der Waals surface area contributed by atoms with Crippen LogP contribution in [0.1, 0.15) is 5.56 Å². The average Bonchev–Trinajstić information content (AvgIpc) is 3.10. The Morgan fingerprint density at radius 1 is 1.15 bits per heavy atom. The molecule has 0 amide bonds. The monoisotopic (exact) mass is 435 g/mol. The van der Waals surface area contributed by atoms with Crippen LogP contribution < -0.4 is 9.46 Å². The van der Waals surface area contributed by atoms with Gasteiger partial charge in [0.15, 0.2) is 11.6 Å². The van der Waals surface area contributed by atoms with E-state index in [1.165, 1.54) is 12.4 Å². The summed E-state index contributed by atoms with van der Waals surface area (Å²) in [6.45, 7) is 1.27. The summed E-state index contributed by atoms with van der Waals surface area (Å²) in [6.07, 6.45) is 0. The molecule has 12 heteroatoms. The highest BCUT2D eigenvalue weighted by Crippen LogP contribution is 2.35. The Hall–Kier alpha value is -2.37. The third-order valence-electron chi connectivity index (χ3n) is 3.37. The van der Waals surface area contributed by atoms with E-state index in [2.05, 4.69) is 14.9 Å². The molecule has 1 heterocycles. The number of nitrogens with one attached hydrogen (secondary N) is 1. The minimum absolute atomic E-state index is 0.0525. The molecular formula is C15H9ClF3N3O3S2. The van der Waals surface area contributed by atoms with E-state index in [1.54, 1.807) is 0 Å². The fourth-order valence-electron chi connectivity index (χ4n) is 2.05. The van der Waals surface area contributed by atoms with E-state index in [0.29, 0.717) is 0 Å². The van der Waals surface area contributed by atoms with Crippen molar-refractivity contribution in [2.75, 3.05) is 4.72 Å². The summed E-state index contributed by atoms with van der Waals surface area (Å²) >= 11 is 6.89. The van der Waals surface area contributed by atoms with Gasteiger partial charge in [0.1, 0.15) is 27.7 Å². The van der Waals surface area contributed by atoms with E-state index in [-0.39, 0.29) is 27.2 Å². The van der Waals surface area contributed by atoms with Gasteiger partial charge >= 0.3 is 0 Å². The molecule has 6 nitrogen and oxygen atoms in total. The van der Waals surface area contributed by atoms with Gasteiger partial charge in [0, 0.05) is 11.6 Å². The summed E-state index contributed by atoms with van der Waals surface area (Å²) in [5.74, 6) is -3.71. The third-order valence-corrected chi connectivity index (χ3v) is 5.75. The summed E-state index contributed by atoms with van der Waals surface area (Å²) in [7, 11) is -4.31. The molecule has 0 unspecified atom stereocenters. The van der Waals surface area contributed by atoms with Crippen molar-refractivity contribution in [2.24, 2.45) is 0 Å². The number of anilines is 1.